The summed E-state index contributed by atoms with van der Waals surface area (Å²) in [5.41, 5.74) is -1.49. The Morgan fingerprint density at radius 1 is 0.833 bits per heavy atom. The lowest BCUT2D eigenvalue weighted by Crippen LogP contribution is -2.50. The minimum atomic E-state index is -6.37. The summed E-state index contributed by atoms with van der Waals surface area (Å²) in [6.07, 6.45) is -6.37. The topological polar surface area (TPSA) is 19.9 Å². The Hall–Kier alpha value is -1.31. The van der Waals surface area contributed by atoms with Crippen LogP contribution in [0.5, 0.6) is 0 Å². The molecule has 1 nitrogen and oxygen atoms in total. The van der Waals surface area contributed by atoms with Crippen molar-refractivity contribution in [3.8, 4) is 0 Å². The van der Waals surface area contributed by atoms with Crippen LogP contribution in [0.2, 0.25) is 0 Å². The molecule has 8 heteroatoms. The maximum absolute atomic E-state index is 13.1. The molecule has 0 saturated heterocycles. The van der Waals surface area contributed by atoms with Crippen LogP contribution >= 0.6 is 0 Å². The minimum absolute atomic E-state index is 0.00451. The predicted octanol–water partition coefficient (Wildman–Crippen LogP) is 3.91. The van der Waals surface area contributed by atoms with Crippen LogP contribution in [-0.2, 0) is 17.6 Å². The van der Waals surface area contributed by atoms with Gasteiger partial charge in [0.1, 0.15) is 6.61 Å². The molecule has 0 aromatic heterocycles. The van der Waals surface area contributed by atoms with Crippen molar-refractivity contribution in [2.24, 2.45) is 0 Å². The Balaban J connectivity index is 3.19. The molecule has 0 bridgehead atoms. The Morgan fingerprint density at radius 2 is 1.28 bits per heavy atom. The monoisotopic (exact) mass is 275 g/mol. The number of benzene rings is 1. The maximum Gasteiger partial charge on any atom is 0.460 e. The van der Waals surface area contributed by atoms with Crippen LogP contribution in [0.15, 0.2) is 24.3 Å². The van der Waals surface area contributed by atoms with Gasteiger partial charge in [0.2, 0.25) is 0 Å². The van der Waals surface area contributed by atoms with Crippen LogP contribution in [0.4, 0.5) is 30.7 Å². The standard InChI is InChI=1S/C10H6F7O/c11-8(12,9(13,14)10(15,16)17)7-3-1-6(5-18)2-4-7/h1-4H,5H2. The third-order valence-electron chi connectivity index (χ3n) is 2.23. The molecule has 1 radical (unpaired) electrons. The molecule has 1 rings (SSSR count). The fourth-order valence-corrected chi connectivity index (χ4v) is 1.17. The molecule has 0 unspecified atom stereocenters. The van der Waals surface area contributed by atoms with E-state index in [2.05, 4.69) is 0 Å². The first kappa shape index (κ1) is 14.7. The molecule has 0 spiro atoms. The van der Waals surface area contributed by atoms with E-state index >= 15 is 0 Å². The Bertz CT molecular complexity index is 407. The molecule has 0 aliphatic carbocycles. The number of alkyl halides is 7. The van der Waals surface area contributed by atoms with E-state index in [9.17, 15) is 35.8 Å². The quantitative estimate of drug-likeness (QED) is 0.745. The van der Waals surface area contributed by atoms with Crippen molar-refractivity contribution in [1.82, 2.24) is 0 Å². The average molecular weight is 275 g/mol. The van der Waals surface area contributed by atoms with Gasteiger partial charge in [0.25, 0.3) is 0 Å². The van der Waals surface area contributed by atoms with E-state index in [1.807, 2.05) is 0 Å². The third kappa shape index (κ3) is 2.29. The molecule has 0 aliphatic rings. The fraction of sp³-hybridized carbons (Fsp3) is 0.400. The SMILES string of the molecule is [O]Cc1ccc(C(F)(F)C(F)(F)C(F)(F)F)cc1. The minimum Gasteiger partial charge on any atom is -0.232 e. The molecule has 0 saturated carbocycles. The van der Waals surface area contributed by atoms with Crippen LogP contribution in [0.25, 0.3) is 0 Å². The average Bonchev–Trinajstić information content (AvgIpc) is 2.27. The molecular formula is C10H6F7O. The van der Waals surface area contributed by atoms with Gasteiger partial charge in [-0.3, -0.25) is 0 Å². The van der Waals surface area contributed by atoms with Crippen molar-refractivity contribution in [3.63, 3.8) is 0 Å². The maximum atomic E-state index is 13.1. The first-order valence-corrected chi connectivity index (χ1v) is 4.54. The zero-order valence-corrected chi connectivity index (χ0v) is 8.57. The predicted molar refractivity (Wildman–Crippen MR) is 45.7 cm³/mol. The highest BCUT2D eigenvalue weighted by Crippen LogP contribution is 2.51. The lowest BCUT2D eigenvalue weighted by Gasteiger charge is -2.28. The number of hydrogen-bond acceptors (Lipinski definition) is 0. The second-order valence-electron chi connectivity index (χ2n) is 3.49. The van der Waals surface area contributed by atoms with Gasteiger partial charge >= 0.3 is 18.0 Å². The lowest BCUT2D eigenvalue weighted by molar-refractivity contribution is -0.359. The smallest absolute Gasteiger partial charge is 0.232 e. The first-order valence-electron chi connectivity index (χ1n) is 4.54. The highest BCUT2D eigenvalue weighted by molar-refractivity contribution is 5.27. The molecule has 0 atom stereocenters. The van der Waals surface area contributed by atoms with Gasteiger partial charge in [-0.15, -0.1) is 0 Å². The molecule has 1 aromatic carbocycles. The van der Waals surface area contributed by atoms with Gasteiger partial charge in [-0.1, -0.05) is 24.3 Å². The van der Waals surface area contributed by atoms with Gasteiger partial charge in [-0.25, -0.2) is 5.11 Å². The van der Waals surface area contributed by atoms with Crippen LogP contribution in [0, 0.1) is 0 Å². The van der Waals surface area contributed by atoms with Gasteiger partial charge in [-0.2, -0.15) is 30.7 Å². The van der Waals surface area contributed by atoms with Crippen LogP contribution in [-0.4, -0.2) is 12.1 Å². The fourth-order valence-electron chi connectivity index (χ4n) is 1.17. The van der Waals surface area contributed by atoms with Gasteiger partial charge in [0.15, 0.2) is 0 Å². The first-order chi connectivity index (χ1) is 8.04. The van der Waals surface area contributed by atoms with Crippen LogP contribution in [0.1, 0.15) is 11.1 Å². The van der Waals surface area contributed by atoms with E-state index in [-0.39, 0.29) is 5.56 Å². The normalized spacial score (nSPS) is 13.8. The number of rotatable bonds is 3. The molecule has 0 aliphatic heterocycles. The molecule has 0 fully saturated rings. The summed E-state index contributed by atoms with van der Waals surface area (Å²) in [7, 11) is 0. The third-order valence-corrected chi connectivity index (χ3v) is 2.23. The van der Waals surface area contributed by atoms with E-state index in [4.69, 9.17) is 0 Å². The summed E-state index contributed by atoms with van der Waals surface area (Å²) in [4.78, 5) is 0. The molecule has 0 N–H and O–H groups in total. The second-order valence-corrected chi connectivity index (χ2v) is 3.49. The van der Waals surface area contributed by atoms with Crippen molar-refractivity contribution < 1.29 is 35.8 Å². The molecular weight excluding hydrogens is 269 g/mol. The number of halogens is 7. The van der Waals surface area contributed by atoms with Crippen molar-refractivity contribution in [2.75, 3.05) is 0 Å². The largest absolute Gasteiger partial charge is 0.460 e. The highest BCUT2D eigenvalue weighted by Gasteiger charge is 2.73. The van der Waals surface area contributed by atoms with E-state index in [1.54, 1.807) is 0 Å². The second kappa shape index (κ2) is 4.42. The van der Waals surface area contributed by atoms with Gasteiger partial charge in [0, 0.05) is 5.56 Å². The van der Waals surface area contributed by atoms with Crippen LogP contribution in [0.3, 0.4) is 0 Å². The Labute approximate surface area is 96.8 Å². The van der Waals surface area contributed by atoms with Gasteiger partial charge in [-0.05, 0) is 5.56 Å². The van der Waals surface area contributed by atoms with Crippen molar-refractivity contribution in [2.45, 2.75) is 24.6 Å². The zero-order chi connectivity index (χ0) is 14.2. The number of hydrogen-bond donors (Lipinski definition) is 0. The summed E-state index contributed by atoms with van der Waals surface area (Å²) in [5, 5.41) is 10.3. The highest BCUT2D eigenvalue weighted by atomic mass is 19.4. The van der Waals surface area contributed by atoms with Crippen molar-refractivity contribution in [3.05, 3.63) is 35.4 Å². The molecule has 101 valence electrons. The molecule has 1 aromatic rings. The summed E-state index contributed by atoms with van der Waals surface area (Å²) in [6.45, 7) is -0.790. The van der Waals surface area contributed by atoms with E-state index in [1.165, 1.54) is 0 Å². The van der Waals surface area contributed by atoms with Gasteiger partial charge in [0.05, 0.1) is 0 Å². The van der Waals surface area contributed by atoms with E-state index < -0.39 is 30.2 Å². The lowest BCUT2D eigenvalue weighted by atomic mass is 10.0. The van der Waals surface area contributed by atoms with E-state index in [0.717, 1.165) is 12.1 Å². The Morgan fingerprint density at radius 3 is 1.61 bits per heavy atom. The molecule has 0 heterocycles. The summed E-state index contributed by atoms with van der Waals surface area (Å²) in [6, 6.07) is 2.32. The summed E-state index contributed by atoms with van der Waals surface area (Å²) < 4.78 is 87.2. The summed E-state index contributed by atoms with van der Waals surface area (Å²) >= 11 is 0. The van der Waals surface area contributed by atoms with Crippen LogP contribution < -0.4 is 0 Å². The molecule has 0 amide bonds. The molecule has 18 heavy (non-hydrogen) atoms. The van der Waals surface area contributed by atoms with Crippen molar-refractivity contribution in [1.29, 1.82) is 0 Å². The van der Waals surface area contributed by atoms with Gasteiger partial charge < -0.3 is 0 Å². The Kier molecular flexibility index (Phi) is 3.62. The zero-order valence-electron chi connectivity index (χ0n) is 8.57. The van der Waals surface area contributed by atoms with E-state index in [0.29, 0.717) is 12.1 Å². The van der Waals surface area contributed by atoms with Crippen molar-refractivity contribution >= 4 is 0 Å². The summed E-state index contributed by atoms with van der Waals surface area (Å²) in [5.74, 6) is -11.6.